The van der Waals surface area contributed by atoms with Crippen LogP contribution in [0.4, 0.5) is 5.69 Å². The Kier molecular flexibility index (Phi) is 4.26. The fourth-order valence-corrected chi connectivity index (χ4v) is 2.48. The molecule has 0 saturated carbocycles. The zero-order chi connectivity index (χ0) is 15.6. The lowest BCUT2D eigenvalue weighted by atomic mass is 9.96. The molecule has 2 amide bonds. The number of piperidine rings is 1. The van der Waals surface area contributed by atoms with Crippen molar-refractivity contribution in [2.24, 2.45) is 5.92 Å². The van der Waals surface area contributed by atoms with E-state index in [4.69, 9.17) is 10.5 Å². The van der Waals surface area contributed by atoms with E-state index in [9.17, 15) is 14.4 Å². The molecule has 1 aromatic rings. The normalized spacial score (nSPS) is 16.2. The number of nitrogens with two attached hydrogens (primary N) is 1. The van der Waals surface area contributed by atoms with E-state index in [0.717, 1.165) is 0 Å². The van der Waals surface area contributed by atoms with E-state index >= 15 is 0 Å². The second kappa shape index (κ2) is 5.95. The average Bonchev–Trinajstić information content (AvgIpc) is 2.42. The van der Waals surface area contributed by atoms with Crippen LogP contribution >= 0.6 is 0 Å². The van der Waals surface area contributed by atoms with Crippen LogP contribution in [0.25, 0.3) is 0 Å². The second-order valence-electron chi connectivity index (χ2n) is 5.26. The molecule has 1 saturated heterocycles. The molecule has 6 heteroatoms. The Bertz CT molecular complexity index is 579. The van der Waals surface area contributed by atoms with Crippen molar-refractivity contribution in [2.45, 2.75) is 26.3 Å². The Morgan fingerprint density at radius 2 is 1.95 bits per heavy atom. The van der Waals surface area contributed by atoms with E-state index in [1.807, 2.05) is 6.92 Å². The van der Waals surface area contributed by atoms with Gasteiger partial charge in [0.2, 0.25) is 11.8 Å². The summed E-state index contributed by atoms with van der Waals surface area (Å²) in [6.07, 6.45) is 0.670. The quantitative estimate of drug-likeness (QED) is 0.515. The van der Waals surface area contributed by atoms with Crippen LogP contribution in [0.1, 0.15) is 35.7 Å². The molecule has 1 aliphatic heterocycles. The lowest BCUT2D eigenvalue weighted by Gasteiger charge is -2.28. The SMILES string of the molecule is COC(=O)c1c(N)cccc1CN1C(=O)CC(C)CC1=O. The molecule has 1 fully saturated rings. The van der Waals surface area contributed by atoms with Crippen molar-refractivity contribution in [3.63, 3.8) is 0 Å². The minimum absolute atomic E-state index is 0.0415. The number of imide groups is 1. The van der Waals surface area contributed by atoms with E-state index in [1.54, 1.807) is 18.2 Å². The molecule has 0 aliphatic carbocycles. The number of hydrogen-bond donors (Lipinski definition) is 1. The van der Waals surface area contributed by atoms with Crippen molar-refractivity contribution in [3.8, 4) is 0 Å². The fourth-order valence-electron chi connectivity index (χ4n) is 2.48. The Labute approximate surface area is 122 Å². The predicted octanol–water partition coefficient (Wildman–Crippen LogP) is 1.34. The molecule has 0 spiro atoms. The maximum atomic E-state index is 12.0. The van der Waals surface area contributed by atoms with Crippen LogP contribution in [0.5, 0.6) is 0 Å². The van der Waals surface area contributed by atoms with Gasteiger partial charge in [0.15, 0.2) is 0 Å². The van der Waals surface area contributed by atoms with Crippen LogP contribution in [0.15, 0.2) is 18.2 Å². The first kappa shape index (κ1) is 15.0. The fraction of sp³-hybridized carbons (Fsp3) is 0.400. The molecule has 2 N–H and O–H groups in total. The topological polar surface area (TPSA) is 89.7 Å². The summed E-state index contributed by atoms with van der Waals surface area (Å²) in [5, 5.41) is 0. The molecule has 0 unspecified atom stereocenters. The molecule has 1 aromatic carbocycles. The van der Waals surface area contributed by atoms with Crippen molar-refractivity contribution >= 4 is 23.5 Å². The largest absolute Gasteiger partial charge is 0.465 e. The molecule has 1 heterocycles. The minimum Gasteiger partial charge on any atom is -0.465 e. The van der Waals surface area contributed by atoms with Crippen LogP contribution in [-0.4, -0.2) is 29.8 Å². The van der Waals surface area contributed by atoms with E-state index < -0.39 is 5.97 Å². The predicted molar refractivity (Wildman–Crippen MR) is 76.1 cm³/mol. The Morgan fingerprint density at radius 1 is 1.33 bits per heavy atom. The Morgan fingerprint density at radius 3 is 2.52 bits per heavy atom. The minimum atomic E-state index is -0.576. The van der Waals surface area contributed by atoms with Gasteiger partial charge in [-0.2, -0.15) is 0 Å². The van der Waals surface area contributed by atoms with Gasteiger partial charge in [-0.05, 0) is 17.5 Å². The average molecular weight is 290 g/mol. The van der Waals surface area contributed by atoms with Gasteiger partial charge in [-0.3, -0.25) is 14.5 Å². The van der Waals surface area contributed by atoms with Gasteiger partial charge in [0.05, 0.1) is 19.2 Å². The van der Waals surface area contributed by atoms with E-state index in [1.165, 1.54) is 12.0 Å². The highest BCUT2D eigenvalue weighted by Crippen LogP contribution is 2.24. The first-order valence-electron chi connectivity index (χ1n) is 6.73. The molecule has 0 radical (unpaired) electrons. The number of esters is 1. The van der Waals surface area contributed by atoms with Crippen molar-refractivity contribution in [3.05, 3.63) is 29.3 Å². The van der Waals surface area contributed by atoms with Crippen molar-refractivity contribution in [2.75, 3.05) is 12.8 Å². The monoisotopic (exact) mass is 290 g/mol. The van der Waals surface area contributed by atoms with Gasteiger partial charge in [-0.1, -0.05) is 19.1 Å². The Balaban J connectivity index is 2.31. The van der Waals surface area contributed by atoms with Gasteiger partial charge < -0.3 is 10.5 Å². The standard InChI is InChI=1S/C15H18N2O4/c1-9-6-12(18)17(13(19)7-9)8-10-4-3-5-11(16)14(10)15(20)21-2/h3-5,9H,6-8,16H2,1-2H3. The summed E-state index contributed by atoms with van der Waals surface area (Å²) in [4.78, 5) is 37.0. The van der Waals surface area contributed by atoms with Crippen LogP contribution in [0.2, 0.25) is 0 Å². The number of carbonyl (C=O) groups excluding carboxylic acids is 3. The number of methoxy groups -OCH3 is 1. The number of ether oxygens (including phenoxy) is 1. The van der Waals surface area contributed by atoms with Crippen LogP contribution < -0.4 is 5.73 Å². The number of rotatable bonds is 3. The summed E-state index contributed by atoms with van der Waals surface area (Å²) in [5.41, 5.74) is 6.79. The molecule has 112 valence electrons. The number of hydrogen-bond acceptors (Lipinski definition) is 5. The van der Waals surface area contributed by atoms with Gasteiger partial charge in [0, 0.05) is 18.5 Å². The van der Waals surface area contributed by atoms with Gasteiger partial charge in [0.25, 0.3) is 0 Å². The molecule has 0 aromatic heterocycles. The van der Waals surface area contributed by atoms with Crippen molar-refractivity contribution in [1.29, 1.82) is 0 Å². The summed E-state index contributed by atoms with van der Waals surface area (Å²) in [6, 6.07) is 4.93. The first-order valence-corrected chi connectivity index (χ1v) is 6.73. The van der Waals surface area contributed by atoms with Crippen molar-refractivity contribution < 1.29 is 19.1 Å². The van der Waals surface area contributed by atoms with E-state index in [0.29, 0.717) is 18.4 Å². The maximum Gasteiger partial charge on any atom is 0.340 e. The number of nitrogen functional groups attached to an aromatic ring is 1. The lowest BCUT2D eigenvalue weighted by Crippen LogP contribution is -2.42. The molecule has 0 bridgehead atoms. The summed E-state index contributed by atoms with van der Waals surface area (Å²) in [5.74, 6) is -0.968. The summed E-state index contributed by atoms with van der Waals surface area (Å²) in [7, 11) is 1.26. The highest BCUT2D eigenvalue weighted by atomic mass is 16.5. The highest BCUT2D eigenvalue weighted by molar-refractivity contribution is 5.99. The smallest absolute Gasteiger partial charge is 0.340 e. The zero-order valence-electron chi connectivity index (χ0n) is 12.1. The number of anilines is 1. The number of nitrogens with zero attached hydrogens (tertiary/aromatic N) is 1. The van der Waals surface area contributed by atoms with Crippen LogP contribution in [0.3, 0.4) is 0 Å². The third-order valence-corrected chi connectivity index (χ3v) is 3.55. The van der Waals surface area contributed by atoms with E-state index in [-0.39, 0.29) is 35.5 Å². The maximum absolute atomic E-state index is 12.0. The van der Waals surface area contributed by atoms with Crippen LogP contribution in [0, 0.1) is 5.92 Å². The molecular weight excluding hydrogens is 272 g/mol. The van der Waals surface area contributed by atoms with Gasteiger partial charge >= 0.3 is 5.97 Å². The van der Waals surface area contributed by atoms with Gasteiger partial charge in [-0.15, -0.1) is 0 Å². The molecule has 0 atom stereocenters. The molecule has 1 aliphatic rings. The second-order valence-corrected chi connectivity index (χ2v) is 5.26. The van der Waals surface area contributed by atoms with Gasteiger partial charge in [0.1, 0.15) is 0 Å². The zero-order valence-corrected chi connectivity index (χ0v) is 12.1. The summed E-state index contributed by atoms with van der Waals surface area (Å²) in [6.45, 7) is 1.91. The van der Waals surface area contributed by atoms with Crippen LogP contribution in [-0.2, 0) is 20.9 Å². The lowest BCUT2D eigenvalue weighted by molar-refractivity contribution is -0.150. The molecular formula is C15H18N2O4. The summed E-state index contributed by atoms with van der Waals surface area (Å²) >= 11 is 0. The molecule has 2 rings (SSSR count). The Hall–Kier alpha value is -2.37. The van der Waals surface area contributed by atoms with Crippen molar-refractivity contribution in [1.82, 2.24) is 4.90 Å². The molecule has 6 nitrogen and oxygen atoms in total. The number of likely N-dealkylation sites (tertiary alicyclic amines) is 1. The third kappa shape index (κ3) is 3.04. The first-order chi connectivity index (χ1) is 9.93. The number of amides is 2. The molecule has 21 heavy (non-hydrogen) atoms. The third-order valence-electron chi connectivity index (χ3n) is 3.55. The summed E-state index contributed by atoms with van der Waals surface area (Å²) < 4.78 is 4.71. The number of benzene rings is 1. The van der Waals surface area contributed by atoms with E-state index in [2.05, 4.69) is 0 Å². The van der Waals surface area contributed by atoms with Gasteiger partial charge in [-0.25, -0.2) is 4.79 Å². The number of carbonyl (C=O) groups is 3. The highest BCUT2D eigenvalue weighted by Gasteiger charge is 2.31.